The van der Waals surface area contributed by atoms with E-state index in [2.05, 4.69) is 51.5 Å². The molecule has 1 N–H and O–H groups in total. The number of aromatic nitrogens is 1. The highest BCUT2D eigenvalue weighted by Crippen LogP contribution is 2.38. The molecule has 0 spiro atoms. The minimum atomic E-state index is 0.358. The van der Waals surface area contributed by atoms with E-state index in [1.165, 1.54) is 31.4 Å². The summed E-state index contributed by atoms with van der Waals surface area (Å²) >= 11 is 1.62. The van der Waals surface area contributed by atoms with Gasteiger partial charge in [-0.05, 0) is 67.3 Å². The molecule has 4 atom stereocenters. The lowest BCUT2D eigenvalue weighted by Gasteiger charge is -2.56. The first-order valence-electron chi connectivity index (χ1n) is 12.5. The predicted molar refractivity (Wildman–Crippen MR) is 139 cm³/mol. The number of hydrogen-bond donors (Lipinski definition) is 1. The summed E-state index contributed by atoms with van der Waals surface area (Å²) in [5.41, 5.74) is 3.74. The summed E-state index contributed by atoms with van der Waals surface area (Å²) in [7, 11) is 0. The van der Waals surface area contributed by atoms with E-state index < -0.39 is 0 Å². The fourth-order valence-electron chi connectivity index (χ4n) is 6.18. The van der Waals surface area contributed by atoms with E-state index in [0.29, 0.717) is 35.3 Å². The van der Waals surface area contributed by atoms with Gasteiger partial charge in [0.2, 0.25) is 0 Å². The highest BCUT2D eigenvalue weighted by atomic mass is 32.1. The Balaban J connectivity index is 1.30. The Labute approximate surface area is 210 Å². The van der Waals surface area contributed by atoms with Crippen molar-refractivity contribution in [2.24, 2.45) is 0 Å². The first-order valence-corrected chi connectivity index (χ1v) is 13.4. The summed E-state index contributed by atoms with van der Waals surface area (Å²) in [4.78, 5) is 11.1. The van der Waals surface area contributed by atoms with Crippen LogP contribution in [0.1, 0.15) is 43.2 Å². The average Bonchev–Trinajstić information content (AvgIpc) is 3.41. The number of rotatable bonds is 3. The fraction of sp³-hybridized carbons (Fsp3) is 0.393. The van der Waals surface area contributed by atoms with Crippen LogP contribution in [0.4, 0.5) is 11.5 Å². The van der Waals surface area contributed by atoms with E-state index in [9.17, 15) is 5.26 Å². The lowest BCUT2D eigenvalue weighted by molar-refractivity contribution is 0.188. The van der Waals surface area contributed by atoms with E-state index in [4.69, 9.17) is 10.2 Å². The van der Waals surface area contributed by atoms with Crippen molar-refractivity contribution in [3.63, 3.8) is 0 Å². The van der Waals surface area contributed by atoms with Gasteiger partial charge in [-0.2, -0.15) is 10.5 Å². The van der Waals surface area contributed by atoms with Crippen LogP contribution in [0, 0.1) is 22.7 Å². The molecule has 0 bridgehead atoms. The monoisotopic (exact) mass is 480 g/mol. The molecule has 3 fully saturated rings. The van der Waals surface area contributed by atoms with E-state index in [1.54, 1.807) is 11.3 Å². The molecule has 7 heteroatoms. The predicted octanol–water partition coefficient (Wildman–Crippen LogP) is 4.92. The van der Waals surface area contributed by atoms with Crippen LogP contribution in [-0.2, 0) is 0 Å². The van der Waals surface area contributed by atoms with E-state index in [1.807, 2.05) is 29.8 Å². The Hall–Kier alpha value is -3.39. The molecule has 6 nitrogen and oxygen atoms in total. The smallest absolute Gasteiger partial charge is 0.129 e. The number of piperazine rings is 1. The van der Waals surface area contributed by atoms with Crippen molar-refractivity contribution in [3.8, 4) is 22.6 Å². The maximum absolute atomic E-state index is 9.26. The van der Waals surface area contributed by atoms with Crippen LogP contribution in [0.15, 0.2) is 54.0 Å². The number of benzene rings is 1. The van der Waals surface area contributed by atoms with E-state index in [0.717, 1.165) is 35.8 Å². The van der Waals surface area contributed by atoms with Crippen LogP contribution in [0.5, 0.6) is 0 Å². The van der Waals surface area contributed by atoms with Crippen LogP contribution in [0.2, 0.25) is 0 Å². The van der Waals surface area contributed by atoms with Gasteiger partial charge in [0.25, 0.3) is 0 Å². The standard InChI is InChI=1S/C28H28N6S/c29-15-19-5-7-22(8-6-19)33-12-10-26-24(17-33)32-23-3-1-2-4-25(23)34(26)28-14-21(9-11-31-28)27-13-20(16-30)18-35-27/h5-9,11,13-14,18,23-26,32H,1-4,10,12,17H2/t23-,24-,25?,26?/m1/s1. The molecule has 1 aliphatic carbocycles. The maximum atomic E-state index is 9.26. The molecule has 2 aromatic heterocycles. The third kappa shape index (κ3) is 4.16. The number of nitrogens with one attached hydrogen (secondary N) is 1. The van der Waals surface area contributed by atoms with E-state index >= 15 is 0 Å². The molecule has 2 aliphatic heterocycles. The zero-order valence-electron chi connectivity index (χ0n) is 19.6. The highest BCUT2D eigenvalue weighted by molar-refractivity contribution is 7.13. The van der Waals surface area contributed by atoms with Crippen molar-refractivity contribution in [1.82, 2.24) is 10.3 Å². The van der Waals surface area contributed by atoms with Crippen molar-refractivity contribution in [1.29, 1.82) is 10.5 Å². The minimum Gasteiger partial charge on any atom is -0.370 e. The number of piperidine rings is 1. The quantitative estimate of drug-likeness (QED) is 0.573. The van der Waals surface area contributed by atoms with Gasteiger partial charge in [-0.15, -0.1) is 11.3 Å². The molecule has 176 valence electrons. The zero-order chi connectivity index (χ0) is 23.8. The third-order valence-electron chi connectivity index (χ3n) is 7.83. The lowest BCUT2D eigenvalue weighted by atomic mass is 9.81. The van der Waals surface area contributed by atoms with Gasteiger partial charge in [-0.25, -0.2) is 4.98 Å². The average molecular weight is 481 g/mol. The second-order valence-corrected chi connectivity index (χ2v) is 10.7. The molecule has 0 radical (unpaired) electrons. The molecule has 1 saturated carbocycles. The largest absolute Gasteiger partial charge is 0.370 e. The van der Waals surface area contributed by atoms with Crippen LogP contribution in [0.25, 0.3) is 10.4 Å². The van der Waals surface area contributed by atoms with Gasteiger partial charge in [0.05, 0.1) is 17.2 Å². The van der Waals surface area contributed by atoms with Gasteiger partial charge in [0, 0.05) is 59.4 Å². The van der Waals surface area contributed by atoms with Gasteiger partial charge >= 0.3 is 0 Å². The molecular weight excluding hydrogens is 452 g/mol. The number of hydrogen-bond acceptors (Lipinski definition) is 7. The Morgan fingerprint density at radius 3 is 2.51 bits per heavy atom. The fourth-order valence-corrected chi connectivity index (χ4v) is 7.01. The highest BCUT2D eigenvalue weighted by Gasteiger charge is 2.46. The first kappa shape index (κ1) is 22.1. The summed E-state index contributed by atoms with van der Waals surface area (Å²) < 4.78 is 0. The maximum Gasteiger partial charge on any atom is 0.129 e. The van der Waals surface area contributed by atoms with Gasteiger partial charge in [-0.1, -0.05) is 12.8 Å². The van der Waals surface area contributed by atoms with Crippen LogP contribution < -0.4 is 15.1 Å². The summed E-state index contributed by atoms with van der Waals surface area (Å²) in [5.74, 6) is 1.06. The first-order chi connectivity index (χ1) is 17.2. The molecule has 35 heavy (non-hydrogen) atoms. The molecule has 2 saturated heterocycles. The van der Waals surface area contributed by atoms with Crippen LogP contribution in [0.3, 0.4) is 0 Å². The normalized spacial score (nSPS) is 25.8. The molecule has 1 aromatic carbocycles. The number of pyridine rings is 1. The van der Waals surface area contributed by atoms with Crippen molar-refractivity contribution in [2.45, 2.75) is 56.3 Å². The molecule has 3 aliphatic rings. The summed E-state index contributed by atoms with van der Waals surface area (Å²) in [6.45, 7) is 1.94. The van der Waals surface area contributed by atoms with Crippen molar-refractivity contribution in [2.75, 3.05) is 22.9 Å². The lowest BCUT2D eigenvalue weighted by Crippen LogP contribution is -2.72. The number of anilines is 2. The molecular formula is C28H28N6S. The Kier molecular flexibility index (Phi) is 5.90. The Morgan fingerprint density at radius 2 is 1.71 bits per heavy atom. The molecule has 0 amide bonds. The number of nitriles is 2. The van der Waals surface area contributed by atoms with Gasteiger partial charge in [-0.3, -0.25) is 0 Å². The Morgan fingerprint density at radius 1 is 0.914 bits per heavy atom. The number of thiophene rings is 1. The molecule has 6 rings (SSSR count). The SMILES string of the molecule is N#Cc1ccc(N2CCC3[C@@H](C2)N[C@@H]2CCCCC2N3c2cc(-c3cc(C#N)cs3)ccn2)cc1. The number of fused-ring (bicyclic) bond motifs is 2. The molecule has 4 heterocycles. The third-order valence-corrected chi connectivity index (χ3v) is 8.81. The minimum absolute atomic E-state index is 0.358. The van der Waals surface area contributed by atoms with Crippen molar-refractivity contribution < 1.29 is 0 Å². The van der Waals surface area contributed by atoms with E-state index in [-0.39, 0.29) is 0 Å². The van der Waals surface area contributed by atoms with Gasteiger partial charge in [0.1, 0.15) is 11.9 Å². The molecule has 2 unspecified atom stereocenters. The number of nitrogens with zero attached hydrogens (tertiary/aromatic N) is 5. The zero-order valence-corrected chi connectivity index (χ0v) is 20.4. The topological polar surface area (TPSA) is 79.0 Å². The second-order valence-electron chi connectivity index (χ2n) is 9.81. The van der Waals surface area contributed by atoms with Crippen molar-refractivity contribution >= 4 is 22.8 Å². The summed E-state index contributed by atoms with van der Waals surface area (Å²) in [5, 5.41) is 24.4. The molecule has 3 aromatic rings. The van der Waals surface area contributed by atoms with Crippen molar-refractivity contribution in [3.05, 3.63) is 65.2 Å². The Bertz CT molecular complexity index is 1290. The van der Waals surface area contributed by atoms with Gasteiger partial charge < -0.3 is 15.1 Å². The van der Waals surface area contributed by atoms with Crippen LogP contribution in [-0.4, -0.2) is 42.2 Å². The second kappa shape index (κ2) is 9.34. The summed E-state index contributed by atoms with van der Waals surface area (Å²) in [6, 6.07) is 20.4. The van der Waals surface area contributed by atoms with Gasteiger partial charge in [0.15, 0.2) is 0 Å². The van der Waals surface area contributed by atoms with Crippen LogP contribution >= 0.6 is 11.3 Å². The summed E-state index contributed by atoms with van der Waals surface area (Å²) in [6.07, 6.45) is 7.94.